The minimum Gasteiger partial charge on any atom is -0.328 e. The summed E-state index contributed by atoms with van der Waals surface area (Å²) < 4.78 is 2.18. The van der Waals surface area contributed by atoms with Crippen molar-refractivity contribution in [1.82, 2.24) is 9.78 Å². The first-order chi connectivity index (χ1) is 7.75. The van der Waals surface area contributed by atoms with E-state index >= 15 is 0 Å². The lowest BCUT2D eigenvalue weighted by Gasteiger charge is -2.21. The molecule has 3 nitrogen and oxygen atoms in total. The lowest BCUT2D eigenvalue weighted by Crippen LogP contribution is -2.16. The van der Waals surface area contributed by atoms with E-state index in [2.05, 4.69) is 29.0 Å². The zero-order chi connectivity index (χ0) is 11.4. The van der Waals surface area contributed by atoms with E-state index < -0.39 is 0 Å². The number of nitrogens with two attached hydrogens (primary N) is 1. The Bertz CT molecular complexity index is 311. The molecule has 2 N–H and O–H groups in total. The largest absolute Gasteiger partial charge is 0.328 e. The maximum Gasteiger partial charge on any atom is 0.0625 e. The van der Waals surface area contributed by atoms with Crippen molar-refractivity contribution in [2.24, 2.45) is 5.73 Å². The second kappa shape index (κ2) is 5.48. The standard InChI is InChI=1S/C13H23N3/c1-11(14)7-8-12-9-10-16(15-12)13-5-3-2-4-6-13/h9-11,13H,2-8,14H2,1H3. The lowest BCUT2D eigenvalue weighted by atomic mass is 9.96. The van der Waals surface area contributed by atoms with Gasteiger partial charge in [0, 0.05) is 12.2 Å². The van der Waals surface area contributed by atoms with Crippen LogP contribution in [0.4, 0.5) is 0 Å². The van der Waals surface area contributed by atoms with Gasteiger partial charge in [-0.1, -0.05) is 19.3 Å². The molecule has 0 bridgehead atoms. The number of hydrogen-bond donors (Lipinski definition) is 1. The van der Waals surface area contributed by atoms with Gasteiger partial charge in [0.2, 0.25) is 0 Å². The van der Waals surface area contributed by atoms with Gasteiger partial charge >= 0.3 is 0 Å². The fourth-order valence-corrected chi connectivity index (χ4v) is 2.44. The average molecular weight is 221 g/mol. The van der Waals surface area contributed by atoms with Gasteiger partial charge in [-0.2, -0.15) is 5.10 Å². The molecule has 0 aromatic carbocycles. The Hall–Kier alpha value is -0.830. The summed E-state index contributed by atoms with van der Waals surface area (Å²) in [6.45, 7) is 2.05. The molecule has 1 fully saturated rings. The number of nitrogens with zero attached hydrogens (tertiary/aromatic N) is 2. The summed E-state index contributed by atoms with van der Waals surface area (Å²) in [5.74, 6) is 0. The Balaban J connectivity index is 1.90. The van der Waals surface area contributed by atoms with Crippen LogP contribution in [0.25, 0.3) is 0 Å². The summed E-state index contributed by atoms with van der Waals surface area (Å²) in [7, 11) is 0. The molecule has 1 unspecified atom stereocenters. The highest BCUT2D eigenvalue weighted by molar-refractivity contribution is 5.00. The highest BCUT2D eigenvalue weighted by Gasteiger charge is 2.15. The molecule has 0 saturated heterocycles. The molecule has 1 aliphatic carbocycles. The van der Waals surface area contributed by atoms with Crippen LogP contribution >= 0.6 is 0 Å². The van der Waals surface area contributed by atoms with Crippen molar-refractivity contribution >= 4 is 0 Å². The molecule has 0 spiro atoms. The smallest absolute Gasteiger partial charge is 0.0625 e. The predicted molar refractivity (Wildman–Crippen MR) is 66.3 cm³/mol. The molecule has 0 radical (unpaired) electrons. The topological polar surface area (TPSA) is 43.8 Å². The SMILES string of the molecule is CC(N)CCc1ccn(C2CCCCC2)n1. The minimum atomic E-state index is 0.278. The molecule has 1 aromatic heterocycles. The Labute approximate surface area is 98.0 Å². The first kappa shape index (κ1) is 11.6. The van der Waals surface area contributed by atoms with E-state index in [1.165, 1.54) is 37.8 Å². The Kier molecular flexibility index (Phi) is 3.99. The molecular weight excluding hydrogens is 198 g/mol. The Morgan fingerprint density at radius 2 is 2.19 bits per heavy atom. The van der Waals surface area contributed by atoms with Crippen LogP contribution in [-0.4, -0.2) is 15.8 Å². The summed E-state index contributed by atoms with van der Waals surface area (Å²) in [5, 5.41) is 4.67. The monoisotopic (exact) mass is 221 g/mol. The Morgan fingerprint density at radius 1 is 1.44 bits per heavy atom. The second-order valence-electron chi connectivity index (χ2n) is 5.09. The van der Waals surface area contributed by atoms with Crippen LogP contribution in [-0.2, 0) is 6.42 Å². The van der Waals surface area contributed by atoms with E-state index in [0.29, 0.717) is 6.04 Å². The van der Waals surface area contributed by atoms with Crippen molar-refractivity contribution in [1.29, 1.82) is 0 Å². The zero-order valence-electron chi connectivity index (χ0n) is 10.2. The number of hydrogen-bond acceptors (Lipinski definition) is 2. The molecule has 1 saturated carbocycles. The molecule has 2 rings (SSSR count). The van der Waals surface area contributed by atoms with E-state index in [9.17, 15) is 0 Å². The number of rotatable bonds is 4. The molecule has 0 aliphatic heterocycles. The van der Waals surface area contributed by atoms with Crippen molar-refractivity contribution in [3.63, 3.8) is 0 Å². The van der Waals surface area contributed by atoms with Crippen LogP contribution in [0, 0.1) is 0 Å². The van der Waals surface area contributed by atoms with E-state index in [1.54, 1.807) is 0 Å². The van der Waals surface area contributed by atoms with Crippen LogP contribution < -0.4 is 5.73 Å². The van der Waals surface area contributed by atoms with Crippen molar-refractivity contribution in [2.75, 3.05) is 0 Å². The van der Waals surface area contributed by atoms with Crippen molar-refractivity contribution in [2.45, 2.75) is 64.0 Å². The van der Waals surface area contributed by atoms with E-state index in [1.807, 2.05) is 0 Å². The van der Waals surface area contributed by atoms with Crippen LogP contribution in [0.15, 0.2) is 12.3 Å². The van der Waals surface area contributed by atoms with E-state index in [-0.39, 0.29) is 6.04 Å². The highest BCUT2D eigenvalue weighted by Crippen LogP contribution is 2.27. The predicted octanol–water partition coefficient (Wildman–Crippen LogP) is 2.67. The minimum absolute atomic E-state index is 0.278. The molecule has 0 amide bonds. The van der Waals surface area contributed by atoms with Crippen LogP contribution in [0.2, 0.25) is 0 Å². The molecule has 1 aliphatic rings. The summed E-state index contributed by atoms with van der Waals surface area (Å²) in [6, 6.07) is 3.08. The average Bonchev–Trinajstić information content (AvgIpc) is 2.76. The fourth-order valence-electron chi connectivity index (χ4n) is 2.44. The summed E-state index contributed by atoms with van der Waals surface area (Å²) >= 11 is 0. The first-order valence-corrected chi connectivity index (χ1v) is 6.55. The third-order valence-electron chi connectivity index (χ3n) is 3.47. The van der Waals surface area contributed by atoms with Gasteiger partial charge in [0.15, 0.2) is 0 Å². The van der Waals surface area contributed by atoms with Gasteiger partial charge in [0.05, 0.1) is 11.7 Å². The molecule has 16 heavy (non-hydrogen) atoms. The van der Waals surface area contributed by atoms with Gasteiger partial charge in [0.1, 0.15) is 0 Å². The quantitative estimate of drug-likeness (QED) is 0.849. The normalized spacial score (nSPS) is 19.9. The van der Waals surface area contributed by atoms with Crippen LogP contribution in [0.3, 0.4) is 0 Å². The molecule has 3 heteroatoms. The van der Waals surface area contributed by atoms with Crippen molar-refractivity contribution in [3.8, 4) is 0 Å². The van der Waals surface area contributed by atoms with Gasteiger partial charge < -0.3 is 5.73 Å². The van der Waals surface area contributed by atoms with E-state index in [0.717, 1.165) is 12.8 Å². The van der Waals surface area contributed by atoms with E-state index in [4.69, 9.17) is 5.73 Å². The molecule has 1 atom stereocenters. The van der Waals surface area contributed by atoms with Gasteiger partial charge in [-0.05, 0) is 38.7 Å². The lowest BCUT2D eigenvalue weighted by molar-refractivity contribution is 0.328. The van der Waals surface area contributed by atoms with Gasteiger partial charge in [0.25, 0.3) is 0 Å². The van der Waals surface area contributed by atoms with Gasteiger partial charge in [-0.25, -0.2) is 0 Å². The third-order valence-corrected chi connectivity index (χ3v) is 3.47. The van der Waals surface area contributed by atoms with Gasteiger partial charge in [-0.15, -0.1) is 0 Å². The van der Waals surface area contributed by atoms with Gasteiger partial charge in [-0.3, -0.25) is 4.68 Å². The first-order valence-electron chi connectivity index (χ1n) is 6.55. The molecular formula is C13H23N3. The molecule has 1 aromatic rings. The maximum atomic E-state index is 5.76. The van der Waals surface area contributed by atoms with Crippen LogP contribution in [0.5, 0.6) is 0 Å². The molecule has 90 valence electrons. The van der Waals surface area contributed by atoms with Crippen molar-refractivity contribution in [3.05, 3.63) is 18.0 Å². The zero-order valence-corrected chi connectivity index (χ0v) is 10.2. The second-order valence-corrected chi connectivity index (χ2v) is 5.09. The fraction of sp³-hybridized carbons (Fsp3) is 0.769. The number of aryl methyl sites for hydroxylation is 1. The third kappa shape index (κ3) is 3.08. The molecule has 1 heterocycles. The summed E-state index contributed by atoms with van der Waals surface area (Å²) in [5.41, 5.74) is 6.95. The van der Waals surface area contributed by atoms with Crippen molar-refractivity contribution < 1.29 is 0 Å². The van der Waals surface area contributed by atoms with Crippen LogP contribution in [0.1, 0.15) is 57.2 Å². The Morgan fingerprint density at radius 3 is 2.88 bits per heavy atom. The highest BCUT2D eigenvalue weighted by atomic mass is 15.3. The summed E-state index contributed by atoms with van der Waals surface area (Å²) in [6.07, 6.45) is 10.9. The maximum absolute atomic E-state index is 5.76. The summed E-state index contributed by atoms with van der Waals surface area (Å²) in [4.78, 5) is 0. The number of aromatic nitrogens is 2.